The fourth-order valence-electron chi connectivity index (χ4n) is 1.84. The predicted molar refractivity (Wildman–Crippen MR) is 57.9 cm³/mol. The molecule has 1 rings (SSSR count). The summed E-state index contributed by atoms with van der Waals surface area (Å²) in [6.45, 7) is 9.50. The highest BCUT2D eigenvalue weighted by Crippen LogP contribution is 2.14. The van der Waals surface area contributed by atoms with Gasteiger partial charge in [-0.3, -0.25) is 0 Å². The number of nitrogens with one attached hydrogen (secondary N) is 1. The van der Waals surface area contributed by atoms with Gasteiger partial charge >= 0.3 is 0 Å². The molecular formula is C11H24N2. The van der Waals surface area contributed by atoms with Crippen LogP contribution in [0.5, 0.6) is 0 Å². The van der Waals surface area contributed by atoms with E-state index < -0.39 is 0 Å². The lowest BCUT2D eigenvalue weighted by atomic mass is 9.97. The highest BCUT2D eigenvalue weighted by atomic mass is 15.1. The maximum atomic E-state index is 3.55. The second-order valence-electron chi connectivity index (χ2n) is 4.80. The van der Waals surface area contributed by atoms with Gasteiger partial charge < -0.3 is 10.2 Å². The molecule has 1 saturated heterocycles. The Morgan fingerprint density at radius 1 is 1.31 bits per heavy atom. The Hall–Kier alpha value is -0.0800. The average Bonchev–Trinajstić information content (AvgIpc) is 2.08. The quantitative estimate of drug-likeness (QED) is 0.713. The minimum Gasteiger partial charge on any atom is -0.316 e. The summed E-state index contributed by atoms with van der Waals surface area (Å²) in [5.74, 6) is 1.71. The summed E-state index contributed by atoms with van der Waals surface area (Å²) in [5.41, 5.74) is 0. The van der Waals surface area contributed by atoms with Crippen molar-refractivity contribution in [2.75, 3.05) is 33.2 Å². The normalized spacial score (nSPS) is 21.2. The van der Waals surface area contributed by atoms with Crippen molar-refractivity contribution in [1.82, 2.24) is 10.2 Å². The van der Waals surface area contributed by atoms with Crippen LogP contribution in [0.2, 0.25) is 0 Å². The van der Waals surface area contributed by atoms with E-state index in [2.05, 4.69) is 31.1 Å². The highest BCUT2D eigenvalue weighted by Gasteiger charge is 2.15. The minimum atomic E-state index is 0.784. The summed E-state index contributed by atoms with van der Waals surface area (Å²) in [6.07, 6.45) is 2.75. The van der Waals surface area contributed by atoms with Crippen LogP contribution in [0, 0.1) is 11.8 Å². The number of likely N-dealkylation sites (tertiary alicyclic amines) is 1. The summed E-state index contributed by atoms with van der Waals surface area (Å²) in [6, 6.07) is 0. The van der Waals surface area contributed by atoms with Gasteiger partial charge in [0.15, 0.2) is 0 Å². The van der Waals surface area contributed by atoms with Crippen molar-refractivity contribution < 1.29 is 0 Å². The first-order valence-electron chi connectivity index (χ1n) is 5.57. The molecule has 0 aliphatic carbocycles. The second kappa shape index (κ2) is 5.61. The number of rotatable bonds is 4. The van der Waals surface area contributed by atoms with Gasteiger partial charge in [-0.2, -0.15) is 0 Å². The summed E-state index contributed by atoms with van der Waals surface area (Å²) in [4.78, 5) is 2.43. The molecule has 0 aromatic carbocycles. The average molecular weight is 184 g/mol. The van der Waals surface area contributed by atoms with Crippen LogP contribution in [0.15, 0.2) is 0 Å². The van der Waals surface area contributed by atoms with E-state index in [0.717, 1.165) is 11.8 Å². The topological polar surface area (TPSA) is 15.3 Å². The van der Waals surface area contributed by atoms with Gasteiger partial charge in [0.1, 0.15) is 0 Å². The van der Waals surface area contributed by atoms with Crippen LogP contribution in [0.25, 0.3) is 0 Å². The van der Waals surface area contributed by atoms with Gasteiger partial charge in [-0.15, -0.1) is 0 Å². The van der Waals surface area contributed by atoms with Crippen LogP contribution in [-0.2, 0) is 0 Å². The van der Waals surface area contributed by atoms with Crippen LogP contribution in [0.3, 0.4) is 0 Å². The SMILES string of the molecule is CC(C)CNCC1CCN(C)CC1. The van der Waals surface area contributed by atoms with Gasteiger partial charge in [0.05, 0.1) is 0 Å². The Bertz CT molecular complexity index is 126. The Morgan fingerprint density at radius 2 is 1.92 bits per heavy atom. The lowest BCUT2D eigenvalue weighted by molar-refractivity contribution is 0.215. The first-order chi connectivity index (χ1) is 6.18. The molecule has 1 fully saturated rings. The van der Waals surface area contributed by atoms with Crippen LogP contribution < -0.4 is 5.32 Å². The maximum Gasteiger partial charge on any atom is -0.00187 e. The molecule has 0 spiro atoms. The van der Waals surface area contributed by atoms with Crippen LogP contribution in [-0.4, -0.2) is 38.1 Å². The lowest BCUT2D eigenvalue weighted by Gasteiger charge is -2.29. The minimum absolute atomic E-state index is 0.784. The Balaban J connectivity index is 2.02. The van der Waals surface area contributed by atoms with E-state index in [4.69, 9.17) is 0 Å². The van der Waals surface area contributed by atoms with Crippen molar-refractivity contribution in [2.45, 2.75) is 26.7 Å². The van der Waals surface area contributed by atoms with E-state index in [9.17, 15) is 0 Å². The first-order valence-corrected chi connectivity index (χ1v) is 5.57. The third-order valence-corrected chi connectivity index (χ3v) is 2.82. The molecule has 0 amide bonds. The van der Waals surface area contributed by atoms with E-state index in [1.54, 1.807) is 0 Å². The molecule has 0 radical (unpaired) electrons. The zero-order chi connectivity index (χ0) is 9.68. The standard InChI is InChI=1S/C11H24N2/c1-10(2)8-12-9-11-4-6-13(3)7-5-11/h10-12H,4-9H2,1-3H3. The number of hydrogen-bond donors (Lipinski definition) is 1. The van der Waals surface area contributed by atoms with Crippen LogP contribution in [0.4, 0.5) is 0 Å². The molecule has 78 valence electrons. The van der Waals surface area contributed by atoms with Gasteiger partial charge in [0.25, 0.3) is 0 Å². The number of piperidine rings is 1. The van der Waals surface area contributed by atoms with Crippen LogP contribution >= 0.6 is 0 Å². The third-order valence-electron chi connectivity index (χ3n) is 2.82. The lowest BCUT2D eigenvalue weighted by Crippen LogP contribution is -2.35. The molecule has 1 aliphatic heterocycles. The predicted octanol–water partition coefficient (Wildman–Crippen LogP) is 1.57. The summed E-state index contributed by atoms with van der Waals surface area (Å²) in [5, 5.41) is 3.55. The molecule has 1 heterocycles. The smallest absolute Gasteiger partial charge is 0.00187 e. The Kier molecular flexibility index (Phi) is 4.74. The van der Waals surface area contributed by atoms with Gasteiger partial charge in [0, 0.05) is 0 Å². The Morgan fingerprint density at radius 3 is 2.46 bits per heavy atom. The number of nitrogens with zero attached hydrogens (tertiary/aromatic N) is 1. The third kappa shape index (κ3) is 4.63. The maximum absolute atomic E-state index is 3.55. The zero-order valence-electron chi connectivity index (χ0n) is 9.34. The molecular weight excluding hydrogens is 160 g/mol. The molecule has 0 bridgehead atoms. The Labute approximate surface area is 82.7 Å². The van der Waals surface area contributed by atoms with Crippen molar-refractivity contribution in [3.8, 4) is 0 Å². The second-order valence-corrected chi connectivity index (χ2v) is 4.80. The molecule has 13 heavy (non-hydrogen) atoms. The van der Waals surface area contributed by atoms with Gasteiger partial charge in [-0.05, 0) is 57.9 Å². The monoisotopic (exact) mass is 184 g/mol. The van der Waals surface area contributed by atoms with Crippen molar-refractivity contribution in [1.29, 1.82) is 0 Å². The van der Waals surface area contributed by atoms with Crippen molar-refractivity contribution in [3.63, 3.8) is 0 Å². The van der Waals surface area contributed by atoms with Crippen LogP contribution in [0.1, 0.15) is 26.7 Å². The molecule has 1 N–H and O–H groups in total. The highest BCUT2D eigenvalue weighted by molar-refractivity contribution is 4.71. The van der Waals surface area contributed by atoms with E-state index in [1.165, 1.54) is 39.0 Å². The molecule has 2 heteroatoms. The van der Waals surface area contributed by atoms with Crippen molar-refractivity contribution >= 4 is 0 Å². The van der Waals surface area contributed by atoms with E-state index >= 15 is 0 Å². The first kappa shape index (κ1) is 11.0. The summed E-state index contributed by atoms with van der Waals surface area (Å²) in [7, 11) is 2.22. The number of hydrogen-bond acceptors (Lipinski definition) is 2. The van der Waals surface area contributed by atoms with Gasteiger partial charge in [-0.25, -0.2) is 0 Å². The zero-order valence-corrected chi connectivity index (χ0v) is 9.34. The largest absolute Gasteiger partial charge is 0.316 e. The van der Waals surface area contributed by atoms with Crippen molar-refractivity contribution in [2.24, 2.45) is 11.8 Å². The molecule has 0 atom stereocenters. The molecule has 2 nitrogen and oxygen atoms in total. The summed E-state index contributed by atoms with van der Waals surface area (Å²) >= 11 is 0. The molecule has 1 aliphatic rings. The van der Waals surface area contributed by atoms with E-state index in [1.807, 2.05) is 0 Å². The van der Waals surface area contributed by atoms with Gasteiger partial charge in [0.2, 0.25) is 0 Å². The van der Waals surface area contributed by atoms with E-state index in [-0.39, 0.29) is 0 Å². The summed E-state index contributed by atoms with van der Waals surface area (Å²) < 4.78 is 0. The molecule has 0 saturated carbocycles. The fourth-order valence-corrected chi connectivity index (χ4v) is 1.84. The molecule has 0 aromatic rings. The van der Waals surface area contributed by atoms with E-state index in [0.29, 0.717) is 0 Å². The molecule has 0 aromatic heterocycles. The fraction of sp³-hybridized carbons (Fsp3) is 1.00. The van der Waals surface area contributed by atoms with Crippen molar-refractivity contribution in [3.05, 3.63) is 0 Å². The molecule has 0 unspecified atom stereocenters. The van der Waals surface area contributed by atoms with Gasteiger partial charge in [-0.1, -0.05) is 13.8 Å².